The summed E-state index contributed by atoms with van der Waals surface area (Å²) in [5.74, 6) is 0.365. The molecule has 2 N–H and O–H groups in total. The Morgan fingerprint density at radius 3 is 2.55 bits per heavy atom. The molecular weight excluding hydrogens is 378 g/mol. The Hall–Kier alpha value is -2.96. The van der Waals surface area contributed by atoms with Crippen LogP contribution in [0.25, 0.3) is 5.57 Å². The van der Waals surface area contributed by atoms with Gasteiger partial charge >= 0.3 is 0 Å². The third kappa shape index (κ3) is 4.09. The molecule has 7 heteroatoms. The maximum absolute atomic E-state index is 13.2. The van der Waals surface area contributed by atoms with Gasteiger partial charge in [0.1, 0.15) is 5.75 Å². The molecule has 0 bridgehead atoms. The highest BCUT2D eigenvalue weighted by Gasteiger charge is 2.27. The number of ether oxygens (including phenoxy) is 1. The summed E-state index contributed by atoms with van der Waals surface area (Å²) in [6.07, 6.45) is 2.32. The van der Waals surface area contributed by atoms with Crippen molar-refractivity contribution >= 4 is 11.5 Å². The van der Waals surface area contributed by atoms with Crippen LogP contribution in [0, 0.1) is 0 Å². The van der Waals surface area contributed by atoms with Crippen LogP contribution in [0.4, 0.5) is 8.78 Å². The summed E-state index contributed by atoms with van der Waals surface area (Å²) in [4.78, 5) is 27.1. The number of halogens is 2. The van der Waals surface area contributed by atoms with Gasteiger partial charge in [-0.25, -0.2) is 8.78 Å². The maximum atomic E-state index is 13.2. The van der Waals surface area contributed by atoms with Gasteiger partial charge in [0.25, 0.3) is 12.0 Å². The first-order chi connectivity index (χ1) is 14.0. The number of H-pyrrole nitrogens is 1. The minimum atomic E-state index is -2.65. The van der Waals surface area contributed by atoms with Crippen molar-refractivity contribution in [2.45, 2.75) is 44.1 Å². The highest BCUT2D eigenvalue weighted by Crippen LogP contribution is 2.39. The van der Waals surface area contributed by atoms with Crippen LogP contribution >= 0.6 is 0 Å². The van der Waals surface area contributed by atoms with Crippen molar-refractivity contribution in [1.82, 2.24) is 10.3 Å². The van der Waals surface area contributed by atoms with Gasteiger partial charge in [-0.05, 0) is 48.9 Å². The van der Waals surface area contributed by atoms with Gasteiger partial charge in [-0.1, -0.05) is 18.2 Å². The van der Waals surface area contributed by atoms with E-state index in [-0.39, 0.29) is 28.8 Å². The van der Waals surface area contributed by atoms with Gasteiger partial charge in [0.05, 0.1) is 12.7 Å². The molecule has 1 aromatic carbocycles. The smallest absolute Gasteiger partial charge is 0.267 e. The molecule has 29 heavy (non-hydrogen) atoms. The van der Waals surface area contributed by atoms with E-state index in [1.807, 2.05) is 18.2 Å². The Bertz CT molecular complexity index is 1020. The zero-order valence-corrected chi connectivity index (χ0v) is 16.0. The molecule has 1 aromatic heterocycles. The topological polar surface area (TPSA) is 71.2 Å². The number of pyridine rings is 1. The molecule has 4 rings (SSSR count). The molecule has 2 aromatic rings. The monoisotopic (exact) mass is 400 g/mol. The van der Waals surface area contributed by atoms with E-state index in [2.05, 4.69) is 10.3 Å². The summed E-state index contributed by atoms with van der Waals surface area (Å²) in [6.45, 7) is 0. The standard InChI is InChI=1S/C22H22F2N2O3/c1-29-19-10-13(4-6-16(19)21(23)24)17(11-14-5-9-20(27)25-14)18-8-7-15(12-2-3-12)22(28)26-18/h4,6-8,10-12,14,21H,2-3,5,9H2,1H3,(H,25,27)(H,26,28)/b17-11+/t14-/m1/s1. The van der Waals surface area contributed by atoms with E-state index in [4.69, 9.17) is 4.74 Å². The lowest BCUT2D eigenvalue weighted by molar-refractivity contribution is -0.119. The second kappa shape index (κ2) is 7.81. The van der Waals surface area contributed by atoms with E-state index >= 15 is 0 Å². The fourth-order valence-electron chi connectivity index (χ4n) is 3.72. The van der Waals surface area contributed by atoms with Crippen LogP contribution in [0.1, 0.15) is 60.4 Å². The predicted octanol–water partition coefficient (Wildman–Crippen LogP) is 3.91. The van der Waals surface area contributed by atoms with E-state index in [0.717, 1.165) is 18.4 Å². The maximum Gasteiger partial charge on any atom is 0.267 e. The van der Waals surface area contributed by atoms with Gasteiger partial charge in [0, 0.05) is 29.3 Å². The molecule has 1 saturated carbocycles. The fourth-order valence-corrected chi connectivity index (χ4v) is 3.72. The first kappa shape index (κ1) is 19.4. The highest BCUT2D eigenvalue weighted by atomic mass is 19.3. The largest absolute Gasteiger partial charge is 0.496 e. The number of rotatable bonds is 6. The van der Waals surface area contributed by atoms with Crippen LogP contribution in [0.2, 0.25) is 0 Å². The van der Waals surface area contributed by atoms with Crippen molar-refractivity contribution in [1.29, 1.82) is 0 Å². The summed E-state index contributed by atoms with van der Waals surface area (Å²) < 4.78 is 31.6. The van der Waals surface area contributed by atoms with Crippen LogP contribution in [-0.4, -0.2) is 24.0 Å². The zero-order valence-electron chi connectivity index (χ0n) is 16.0. The molecule has 5 nitrogen and oxygen atoms in total. The number of aromatic nitrogens is 1. The van der Waals surface area contributed by atoms with Crippen molar-refractivity contribution in [2.75, 3.05) is 7.11 Å². The molecular formula is C22H22F2N2O3. The second-order valence-corrected chi connectivity index (χ2v) is 7.48. The molecule has 1 saturated heterocycles. The first-order valence-corrected chi connectivity index (χ1v) is 9.67. The van der Waals surface area contributed by atoms with Gasteiger partial charge < -0.3 is 15.0 Å². The lowest BCUT2D eigenvalue weighted by Gasteiger charge is -2.15. The van der Waals surface area contributed by atoms with Gasteiger partial charge in [0.15, 0.2) is 0 Å². The Balaban J connectivity index is 1.79. The number of benzene rings is 1. The van der Waals surface area contributed by atoms with Gasteiger partial charge in [0.2, 0.25) is 5.91 Å². The van der Waals surface area contributed by atoms with Crippen molar-refractivity contribution in [3.8, 4) is 5.75 Å². The first-order valence-electron chi connectivity index (χ1n) is 9.67. The number of hydrogen-bond acceptors (Lipinski definition) is 3. The highest BCUT2D eigenvalue weighted by molar-refractivity contribution is 5.82. The summed E-state index contributed by atoms with van der Waals surface area (Å²) in [6, 6.07) is 7.93. The lowest BCUT2D eigenvalue weighted by Crippen LogP contribution is -2.23. The number of hydrogen-bond donors (Lipinski definition) is 2. The summed E-state index contributed by atoms with van der Waals surface area (Å²) in [7, 11) is 1.35. The van der Waals surface area contributed by atoms with Crippen molar-refractivity contribution in [3.05, 3.63) is 69.1 Å². The Morgan fingerprint density at radius 2 is 1.97 bits per heavy atom. The van der Waals surface area contributed by atoms with Crippen LogP contribution in [0.3, 0.4) is 0 Å². The second-order valence-electron chi connectivity index (χ2n) is 7.48. The van der Waals surface area contributed by atoms with E-state index in [0.29, 0.717) is 35.6 Å². The summed E-state index contributed by atoms with van der Waals surface area (Å²) in [5.41, 5.74) is 2.31. The van der Waals surface area contributed by atoms with E-state index < -0.39 is 6.43 Å². The van der Waals surface area contributed by atoms with E-state index in [9.17, 15) is 18.4 Å². The third-order valence-electron chi connectivity index (χ3n) is 5.42. The Labute approximate surface area is 166 Å². The molecule has 1 atom stereocenters. The fraction of sp³-hybridized carbons (Fsp3) is 0.364. The molecule has 1 aliphatic carbocycles. The normalized spacial score (nSPS) is 19.5. The quantitative estimate of drug-likeness (QED) is 0.772. The number of methoxy groups -OCH3 is 1. The number of carbonyl (C=O) groups excluding carboxylic acids is 1. The molecule has 152 valence electrons. The van der Waals surface area contributed by atoms with E-state index in [1.54, 1.807) is 6.07 Å². The average molecular weight is 400 g/mol. The number of amides is 1. The Kier molecular flexibility index (Phi) is 5.22. The number of carbonyl (C=O) groups is 1. The van der Waals surface area contributed by atoms with Crippen molar-refractivity contribution in [2.24, 2.45) is 0 Å². The number of aromatic amines is 1. The zero-order chi connectivity index (χ0) is 20.5. The summed E-state index contributed by atoms with van der Waals surface area (Å²) in [5, 5.41) is 2.88. The van der Waals surface area contributed by atoms with Crippen molar-refractivity contribution in [3.63, 3.8) is 0 Å². The molecule has 1 aliphatic heterocycles. The van der Waals surface area contributed by atoms with Gasteiger partial charge in [-0.3, -0.25) is 9.59 Å². The average Bonchev–Trinajstić information content (AvgIpc) is 3.46. The van der Waals surface area contributed by atoms with Gasteiger partial charge in [-0.15, -0.1) is 0 Å². The van der Waals surface area contributed by atoms with Crippen LogP contribution in [0.5, 0.6) is 5.75 Å². The minimum Gasteiger partial charge on any atom is -0.496 e. The Morgan fingerprint density at radius 1 is 1.17 bits per heavy atom. The number of nitrogens with one attached hydrogen (secondary N) is 2. The molecule has 1 amide bonds. The third-order valence-corrected chi connectivity index (χ3v) is 5.42. The minimum absolute atomic E-state index is 0.0335. The number of alkyl halides is 2. The van der Waals surface area contributed by atoms with Gasteiger partial charge in [-0.2, -0.15) is 0 Å². The van der Waals surface area contributed by atoms with E-state index in [1.165, 1.54) is 19.2 Å². The van der Waals surface area contributed by atoms with Crippen LogP contribution < -0.4 is 15.6 Å². The van der Waals surface area contributed by atoms with Crippen molar-refractivity contribution < 1.29 is 18.3 Å². The lowest BCUT2D eigenvalue weighted by atomic mass is 9.97. The molecule has 0 spiro atoms. The van der Waals surface area contributed by atoms with Crippen LogP contribution in [0.15, 0.2) is 41.2 Å². The molecule has 2 fully saturated rings. The predicted molar refractivity (Wildman–Crippen MR) is 105 cm³/mol. The molecule has 2 aliphatic rings. The molecule has 2 heterocycles. The molecule has 0 radical (unpaired) electrons. The van der Waals surface area contributed by atoms with Crippen LogP contribution in [-0.2, 0) is 4.79 Å². The molecule has 0 unspecified atom stereocenters. The summed E-state index contributed by atoms with van der Waals surface area (Å²) >= 11 is 0. The SMILES string of the molecule is COc1cc(/C(=C\[C@H]2CCC(=O)N2)c2ccc(C3CC3)c(=O)[nH]2)ccc1C(F)F.